The summed E-state index contributed by atoms with van der Waals surface area (Å²) in [7, 11) is 1.09. The molecule has 0 heterocycles. The van der Waals surface area contributed by atoms with E-state index in [4.69, 9.17) is 0 Å². The van der Waals surface area contributed by atoms with Crippen molar-refractivity contribution in [3.8, 4) is 0 Å². The number of benzene rings is 2. The van der Waals surface area contributed by atoms with Gasteiger partial charge in [-0.1, -0.05) is 18.2 Å². The summed E-state index contributed by atoms with van der Waals surface area (Å²) in [5.74, 6) is -6.06. The minimum Gasteiger partial charge on any atom is -0.467 e. The Morgan fingerprint density at radius 1 is 1.05 bits per heavy atom. The molecule has 0 spiro atoms. The van der Waals surface area contributed by atoms with Gasteiger partial charge in [-0.05, 0) is 6.07 Å². The summed E-state index contributed by atoms with van der Waals surface area (Å²) in [6, 6.07) is 5.34. The third-order valence-corrected chi connectivity index (χ3v) is 2.95. The molecule has 0 aromatic heterocycles. The van der Waals surface area contributed by atoms with Crippen LogP contribution in [0.1, 0.15) is 11.6 Å². The first-order valence-electron chi connectivity index (χ1n) is 6.17. The number of esters is 1. The number of hydrogen-bond acceptors (Lipinski definition) is 3. The SMILES string of the molecule is COC(=O)C(Nc1cc(F)c(F)c(F)c1)c1ccccc1F. The van der Waals surface area contributed by atoms with Crippen LogP contribution >= 0.6 is 0 Å². The van der Waals surface area contributed by atoms with Crippen molar-refractivity contribution in [3.05, 3.63) is 65.2 Å². The van der Waals surface area contributed by atoms with Crippen molar-refractivity contribution in [2.75, 3.05) is 12.4 Å². The number of ether oxygens (including phenoxy) is 1. The zero-order chi connectivity index (χ0) is 16.3. The molecule has 0 aliphatic carbocycles. The van der Waals surface area contributed by atoms with Gasteiger partial charge in [-0.15, -0.1) is 0 Å². The molecule has 0 radical (unpaired) electrons. The highest BCUT2D eigenvalue weighted by atomic mass is 19.2. The molecule has 0 saturated heterocycles. The Labute approximate surface area is 123 Å². The molecule has 1 N–H and O–H groups in total. The van der Waals surface area contributed by atoms with Gasteiger partial charge in [-0.2, -0.15) is 0 Å². The van der Waals surface area contributed by atoms with Crippen molar-refractivity contribution < 1.29 is 27.1 Å². The highest BCUT2D eigenvalue weighted by Crippen LogP contribution is 2.25. The molecule has 0 saturated carbocycles. The fourth-order valence-corrected chi connectivity index (χ4v) is 1.90. The van der Waals surface area contributed by atoms with E-state index in [9.17, 15) is 22.4 Å². The third kappa shape index (κ3) is 3.19. The zero-order valence-corrected chi connectivity index (χ0v) is 11.4. The Bertz CT molecular complexity index is 683. The molecular weight excluding hydrogens is 302 g/mol. The van der Waals surface area contributed by atoms with Gasteiger partial charge < -0.3 is 10.1 Å². The van der Waals surface area contributed by atoms with Gasteiger partial charge in [-0.25, -0.2) is 22.4 Å². The Balaban J connectivity index is 2.40. The van der Waals surface area contributed by atoms with Crippen LogP contribution in [0.5, 0.6) is 0 Å². The number of methoxy groups -OCH3 is 1. The molecule has 2 aromatic rings. The van der Waals surface area contributed by atoms with E-state index in [1.165, 1.54) is 18.2 Å². The van der Waals surface area contributed by atoms with Gasteiger partial charge in [0.1, 0.15) is 5.82 Å². The summed E-state index contributed by atoms with van der Waals surface area (Å²) < 4.78 is 57.7. The Morgan fingerprint density at radius 2 is 1.64 bits per heavy atom. The van der Waals surface area contributed by atoms with Crippen LogP contribution in [-0.2, 0) is 9.53 Å². The van der Waals surface area contributed by atoms with E-state index >= 15 is 0 Å². The molecule has 116 valence electrons. The lowest BCUT2D eigenvalue weighted by molar-refractivity contribution is -0.141. The van der Waals surface area contributed by atoms with Gasteiger partial charge >= 0.3 is 5.97 Å². The summed E-state index contributed by atoms with van der Waals surface area (Å²) in [6.07, 6.45) is 0. The maximum atomic E-state index is 13.8. The fourth-order valence-electron chi connectivity index (χ4n) is 1.90. The molecule has 1 atom stereocenters. The number of nitrogens with one attached hydrogen (secondary N) is 1. The lowest BCUT2D eigenvalue weighted by Gasteiger charge is -2.18. The van der Waals surface area contributed by atoms with Crippen molar-refractivity contribution in [2.24, 2.45) is 0 Å². The van der Waals surface area contributed by atoms with Crippen molar-refractivity contribution in [2.45, 2.75) is 6.04 Å². The van der Waals surface area contributed by atoms with Crippen molar-refractivity contribution in [1.29, 1.82) is 0 Å². The van der Waals surface area contributed by atoms with Gasteiger partial charge in [0.25, 0.3) is 0 Å². The van der Waals surface area contributed by atoms with Crippen LogP contribution < -0.4 is 5.32 Å². The minimum absolute atomic E-state index is 0.0699. The van der Waals surface area contributed by atoms with E-state index in [1.807, 2.05) is 0 Å². The maximum Gasteiger partial charge on any atom is 0.333 e. The second-order valence-corrected chi connectivity index (χ2v) is 4.38. The van der Waals surface area contributed by atoms with Crippen LogP contribution in [0.15, 0.2) is 36.4 Å². The topological polar surface area (TPSA) is 38.3 Å². The third-order valence-electron chi connectivity index (χ3n) is 2.95. The summed E-state index contributed by atoms with van der Waals surface area (Å²) in [6.45, 7) is 0. The average Bonchev–Trinajstić information content (AvgIpc) is 2.50. The first kappa shape index (κ1) is 15.8. The normalized spacial score (nSPS) is 11.9. The van der Waals surface area contributed by atoms with Crippen LogP contribution in [0.25, 0.3) is 0 Å². The first-order valence-corrected chi connectivity index (χ1v) is 6.17. The first-order chi connectivity index (χ1) is 10.4. The number of carbonyl (C=O) groups is 1. The minimum atomic E-state index is -1.63. The van der Waals surface area contributed by atoms with Crippen molar-refractivity contribution in [3.63, 3.8) is 0 Å². The number of rotatable bonds is 4. The maximum absolute atomic E-state index is 13.8. The average molecular weight is 313 g/mol. The van der Waals surface area contributed by atoms with Gasteiger partial charge in [0.2, 0.25) is 0 Å². The molecule has 0 bridgehead atoms. The molecule has 0 aliphatic rings. The van der Waals surface area contributed by atoms with E-state index in [1.54, 1.807) is 0 Å². The van der Waals surface area contributed by atoms with Crippen molar-refractivity contribution >= 4 is 11.7 Å². The second-order valence-electron chi connectivity index (χ2n) is 4.38. The molecule has 7 heteroatoms. The Kier molecular flexibility index (Phi) is 4.65. The molecule has 0 amide bonds. The highest BCUT2D eigenvalue weighted by molar-refractivity contribution is 5.81. The molecule has 1 unspecified atom stereocenters. The largest absolute Gasteiger partial charge is 0.467 e. The lowest BCUT2D eigenvalue weighted by Crippen LogP contribution is -2.23. The van der Waals surface area contributed by atoms with E-state index in [2.05, 4.69) is 10.1 Å². The quantitative estimate of drug-likeness (QED) is 0.533. The fraction of sp³-hybridized carbons (Fsp3) is 0.133. The van der Waals surface area contributed by atoms with Crippen LogP contribution in [0.3, 0.4) is 0 Å². The molecule has 3 nitrogen and oxygen atoms in total. The van der Waals surface area contributed by atoms with Crippen LogP contribution in [0, 0.1) is 23.3 Å². The van der Waals surface area contributed by atoms with Crippen LogP contribution in [0.2, 0.25) is 0 Å². The van der Waals surface area contributed by atoms with Crippen molar-refractivity contribution in [1.82, 2.24) is 0 Å². The summed E-state index contributed by atoms with van der Waals surface area (Å²) in [5, 5.41) is 2.43. The molecular formula is C15H11F4NO2. The van der Waals surface area contributed by atoms with Gasteiger partial charge in [0.05, 0.1) is 7.11 Å². The number of carbonyl (C=O) groups excluding carboxylic acids is 1. The molecule has 0 aliphatic heterocycles. The summed E-state index contributed by atoms with van der Waals surface area (Å²) >= 11 is 0. The summed E-state index contributed by atoms with van der Waals surface area (Å²) in [4.78, 5) is 11.8. The van der Waals surface area contributed by atoms with Gasteiger partial charge in [-0.3, -0.25) is 0 Å². The summed E-state index contributed by atoms with van der Waals surface area (Å²) in [5.41, 5.74) is -0.297. The number of anilines is 1. The highest BCUT2D eigenvalue weighted by Gasteiger charge is 2.25. The zero-order valence-electron chi connectivity index (χ0n) is 11.4. The van der Waals surface area contributed by atoms with E-state index in [0.29, 0.717) is 12.1 Å². The lowest BCUT2D eigenvalue weighted by atomic mass is 10.1. The van der Waals surface area contributed by atoms with Crippen LogP contribution in [-0.4, -0.2) is 13.1 Å². The Morgan fingerprint density at radius 3 is 2.18 bits per heavy atom. The van der Waals surface area contributed by atoms with E-state index in [-0.39, 0.29) is 11.3 Å². The monoisotopic (exact) mass is 313 g/mol. The molecule has 0 fully saturated rings. The standard InChI is InChI=1S/C15H11F4NO2/c1-22-15(21)14(9-4-2-3-5-10(9)16)20-8-6-11(17)13(19)12(18)7-8/h2-7,14,20H,1H3. The van der Waals surface area contributed by atoms with E-state index in [0.717, 1.165) is 13.2 Å². The van der Waals surface area contributed by atoms with Gasteiger partial charge in [0.15, 0.2) is 23.5 Å². The second kappa shape index (κ2) is 6.46. The Hall–Kier alpha value is -2.57. The number of halogens is 4. The molecule has 22 heavy (non-hydrogen) atoms. The number of hydrogen-bond donors (Lipinski definition) is 1. The van der Waals surface area contributed by atoms with Gasteiger partial charge in [0, 0.05) is 23.4 Å². The predicted octanol–water partition coefficient (Wildman–Crippen LogP) is 3.57. The van der Waals surface area contributed by atoms with Crippen LogP contribution in [0.4, 0.5) is 23.2 Å². The predicted molar refractivity (Wildman–Crippen MR) is 71.1 cm³/mol. The smallest absolute Gasteiger partial charge is 0.333 e. The molecule has 2 aromatic carbocycles. The molecule has 2 rings (SSSR count). The van der Waals surface area contributed by atoms with E-state index < -0.39 is 35.3 Å².